The maximum atomic E-state index is 12.6. The average Bonchev–Trinajstić information content (AvgIpc) is 2.46. The maximum Gasteiger partial charge on any atom is 0.150 e. The van der Waals surface area contributed by atoms with Crippen LogP contribution >= 0.6 is 0 Å². The number of Topliss-reactive ketones (excluding diaryl/α,β-unsaturated/α-hetero) is 1. The Hall–Kier alpha value is -2.17. The van der Waals surface area contributed by atoms with Gasteiger partial charge in [-0.2, -0.15) is 0 Å². The second kappa shape index (κ2) is 5.86. The summed E-state index contributed by atoms with van der Waals surface area (Å²) in [6.07, 6.45) is 6.49. The molecule has 2 unspecified atom stereocenters. The van der Waals surface area contributed by atoms with Gasteiger partial charge < -0.3 is 0 Å². The van der Waals surface area contributed by atoms with E-state index < -0.39 is 0 Å². The Labute approximate surface area is 118 Å². The first kappa shape index (κ1) is 14.2. The second-order valence-electron chi connectivity index (χ2n) is 4.90. The lowest BCUT2D eigenvalue weighted by Gasteiger charge is -2.17. The Kier molecular flexibility index (Phi) is 4.17. The van der Waals surface area contributed by atoms with Crippen molar-refractivity contribution in [1.29, 1.82) is 0 Å². The van der Waals surface area contributed by atoms with Crippen LogP contribution < -0.4 is 0 Å². The van der Waals surface area contributed by atoms with Crippen molar-refractivity contribution in [3.8, 4) is 0 Å². The van der Waals surface area contributed by atoms with E-state index in [2.05, 4.69) is 19.9 Å². The van der Waals surface area contributed by atoms with Crippen LogP contribution in [-0.4, -0.2) is 25.7 Å². The van der Waals surface area contributed by atoms with Crippen molar-refractivity contribution in [2.45, 2.75) is 39.5 Å². The smallest absolute Gasteiger partial charge is 0.150 e. The molecule has 0 fully saturated rings. The fraction of sp³-hybridized carbons (Fsp3) is 0.400. The number of aromatic nitrogens is 4. The van der Waals surface area contributed by atoms with Gasteiger partial charge in [0.15, 0.2) is 5.78 Å². The summed E-state index contributed by atoms with van der Waals surface area (Å²) in [5.74, 6) is -0.530. The van der Waals surface area contributed by atoms with Crippen molar-refractivity contribution in [2.24, 2.45) is 0 Å². The minimum atomic E-state index is -0.305. The first-order chi connectivity index (χ1) is 9.52. The van der Waals surface area contributed by atoms with E-state index in [9.17, 15) is 4.79 Å². The Morgan fingerprint density at radius 1 is 0.800 bits per heavy atom. The molecular formula is C15H18N4O. The fourth-order valence-corrected chi connectivity index (χ4v) is 2.33. The molecule has 0 saturated heterocycles. The normalized spacial score (nSPS) is 13.8. The van der Waals surface area contributed by atoms with Crippen LogP contribution in [0.1, 0.15) is 48.5 Å². The number of nitrogens with zero attached hydrogens (tertiary/aromatic N) is 4. The second-order valence-corrected chi connectivity index (χ2v) is 4.90. The van der Waals surface area contributed by atoms with Gasteiger partial charge in [0.1, 0.15) is 0 Å². The third-order valence-corrected chi connectivity index (χ3v) is 3.51. The first-order valence-corrected chi connectivity index (χ1v) is 6.61. The highest BCUT2D eigenvalue weighted by Crippen LogP contribution is 2.25. The van der Waals surface area contributed by atoms with Crippen LogP contribution in [0.3, 0.4) is 0 Å². The van der Waals surface area contributed by atoms with Crippen LogP contribution in [0.25, 0.3) is 0 Å². The third kappa shape index (κ3) is 2.71. The summed E-state index contributed by atoms with van der Waals surface area (Å²) >= 11 is 0. The van der Waals surface area contributed by atoms with Gasteiger partial charge in [-0.1, -0.05) is 0 Å². The molecule has 0 N–H and O–H groups in total. The molecule has 2 aromatic rings. The molecule has 0 amide bonds. The topological polar surface area (TPSA) is 68.6 Å². The molecule has 0 radical (unpaired) electrons. The highest BCUT2D eigenvalue weighted by atomic mass is 16.1. The Bertz CT molecular complexity index is 573. The van der Waals surface area contributed by atoms with Crippen LogP contribution in [0.15, 0.2) is 24.8 Å². The third-order valence-electron chi connectivity index (χ3n) is 3.51. The van der Waals surface area contributed by atoms with Gasteiger partial charge in [-0.15, -0.1) is 0 Å². The van der Waals surface area contributed by atoms with Crippen molar-refractivity contribution in [1.82, 2.24) is 19.9 Å². The van der Waals surface area contributed by atoms with Gasteiger partial charge in [-0.05, 0) is 27.7 Å². The SMILES string of the molecule is Cc1nccnc1C(C)C(=O)C(C)c1nccnc1C. The summed E-state index contributed by atoms with van der Waals surface area (Å²) in [6.45, 7) is 7.46. The number of aryl methyl sites for hydroxylation is 2. The molecule has 0 aliphatic carbocycles. The molecule has 5 heteroatoms. The number of ketones is 1. The van der Waals surface area contributed by atoms with E-state index in [0.717, 1.165) is 22.8 Å². The summed E-state index contributed by atoms with van der Waals surface area (Å²) in [7, 11) is 0. The molecule has 2 atom stereocenters. The van der Waals surface area contributed by atoms with Gasteiger partial charge >= 0.3 is 0 Å². The van der Waals surface area contributed by atoms with Gasteiger partial charge in [0, 0.05) is 24.8 Å². The van der Waals surface area contributed by atoms with Crippen molar-refractivity contribution in [3.05, 3.63) is 47.6 Å². The molecule has 2 heterocycles. The zero-order valence-corrected chi connectivity index (χ0v) is 12.2. The van der Waals surface area contributed by atoms with Crippen LogP contribution in [0.2, 0.25) is 0 Å². The molecule has 0 spiro atoms. The van der Waals surface area contributed by atoms with Crippen molar-refractivity contribution in [2.75, 3.05) is 0 Å². The van der Waals surface area contributed by atoms with Gasteiger partial charge in [0.25, 0.3) is 0 Å². The Morgan fingerprint density at radius 3 is 1.50 bits per heavy atom. The standard InChI is InChI=1S/C15H18N4O/c1-9(13-11(3)16-5-7-18-13)15(20)10(2)14-12(4)17-6-8-19-14/h5-10H,1-4H3. The van der Waals surface area contributed by atoms with Crippen LogP contribution in [0, 0.1) is 13.8 Å². The van der Waals surface area contributed by atoms with E-state index in [0.29, 0.717) is 0 Å². The molecule has 20 heavy (non-hydrogen) atoms. The summed E-state index contributed by atoms with van der Waals surface area (Å²) in [6, 6.07) is 0. The van der Waals surface area contributed by atoms with Gasteiger partial charge in [0.05, 0.1) is 34.6 Å². The minimum absolute atomic E-state index is 0.0807. The molecule has 2 rings (SSSR count). The lowest BCUT2D eigenvalue weighted by atomic mass is 9.89. The highest BCUT2D eigenvalue weighted by molar-refractivity contribution is 5.90. The average molecular weight is 270 g/mol. The molecule has 0 aliphatic heterocycles. The summed E-state index contributed by atoms with van der Waals surface area (Å²) in [5, 5.41) is 0. The molecule has 104 valence electrons. The predicted molar refractivity (Wildman–Crippen MR) is 75.4 cm³/mol. The molecule has 2 aromatic heterocycles. The number of hydrogen-bond acceptors (Lipinski definition) is 5. The molecule has 0 saturated carbocycles. The zero-order chi connectivity index (χ0) is 14.7. The minimum Gasteiger partial charge on any atom is -0.298 e. The highest BCUT2D eigenvalue weighted by Gasteiger charge is 2.27. The number of carbonyl (C=O) groups excluding carboxylic acids is 1. The Balaban J connectivity index is 2.28. The summed E-state index contributed by atoms with van der Waals surface area (Å²) < 4.78 is 0. The van der Waals surface area contributed by atoms with E-state index in [1.54, 1.807) is 24.8 Å². The first-order valence-electron chi connectivity index (χ1n) is 6.61. The quantitative estimate of drug-likeness (QED) is 0.853. The van der Waals surface area contributed by atoms with Crippen molar-refractivity contribution in [3.63, 3.8) is 0 Å². The van der Waals surface area contributed by atoms with Crippen molar-refractivity contribution < 1.29 is 4.79 Å². The number of hydrogen-bond donors (Lipinski definition) is 0. The number of carbonyl (C=O) groups is 1. The molecule has 0 aromatic carbocycles. The zero-order valence-electron chi connectivity index (χ0n) is 12.2. The van der Waals surface area contributed by atoms with E-state index in [1.807, 2.05) is 27.7 Å². The van der Waals surface area contributed by atoms with E-state index in [-0.39, 0.29) is 17.6 Å². The monoisotopic (exact) mass is 270 g/mol. The molecule has 0 aliphatic rings. The van der Waals surface area contributed by atoms with Crippen LogP contribution in [-0.2, 0) is 4.79 Å². The molecule has 5 nitrogen and oxygen atoms in total. The van der Waals surface area contributed by atoms with Gasteiger partial charge in [-0.25, -0.2) is 0 Å². The largest absolute Gasteiger partial charge is 0.298 e. The molecule has 0 bridgehead atoms. The molecular weight excluding hydrogens is 252 g/mol. The summed E-state index contributed by atoms with van der Waals surface area (Å²) in [4.78, 5) is 29.5. The lowest BCUT2D eigenvalue weighted by molar-refractivity contribution is -0.121. The van der Waals surface area contributed by atoms with Gasteiger partial charge in [0.2, 0.25) is 0 Å². The van der Waals surface area contributed by atoms with E-state index >= 15 is 0 Å². The number of rotatable bonds is 4. The van der Waals surface area contributed by atoms with E-state index in [4.69, 9.17) is 0 Å². The van der Waals surface area contributed by atoms with Gasteiger partial charge in [-0.3, -0.25) is 24.7 Å². The van der Waals surface area contributed by atoms with E-state index in [1.165, 1.54) is 0 Å². The van der Waals surface area contributed by atoms with Crippen LogP contribution in [0.5, 0.6) is 0 Å². The lowest BCUT2D eigenvalue weighted by Crippen LogP contribution is -2.20. The summed E-state index contributed by atoms with van der Waals surface area (Å²) in [5.41, 5.74) is 3.03. The van der Waals surface area contributed by atoms with Crippen LogP contribution in [0.4, 0.5) is 0 Å². The fourth-order valence-electron chi connectivity index (χ4n) is 2.33. The Morgan fingerprint density at radius 2 is 1.15 bits per heavy atom. The predicted octanol–water partition coefficient (Wildman–Crippen LogP) is 2.36. The maximum absolute atomic E-state index is 12.6. The van der Waals surface area contributed by atoms with Crippen molar-refractivity contribution >= 4 is 5.78 Å².